The second-order valence-electron chi connectivity index (χ2n) is 10.1. The Bertz CT molecular complexity index is 1600. The van der Waals surface area contributed by atoms with Crippen molar-refractivity contribution in [2.24, 2.45) is 10.1 Å². The maximum atomic E-state index is 13.0. The van der Waals surface area contributed by atoms with E-state index in [0.29, 0.717) is 43.2 Å². The first-order chi connectivity index (χ1) is 20.3. The summed E-state index contributed by atoms with van der Waals surface area (Å²) in [6.07, 6.45) is 0.968. The number of nitrogens with two attached hydrogens (primary N) is 1. The number of methoxy groups -OCH3 is 1. The van der Waals surface area contributed by atoms with Crippen LogP contribution < -0.4 is 10.5 Å². The van der Waals surface area contributed by atoms with Crippen LogP contribution in [0.25, 0.3) is 11.1 Å². The van der Waals surface area contributed by atoms with Crippen molar-refractivity contribution < 1.29 is 22.6 Å². The lowest BCUT2D eigenvalue weighted by Crippen LogP contribution is -2.28. The molecule has 0 radical (unpaired) electrons. The summed E-state index contributed by atoms with van der Waals surface area (Å²) in [4.78, 5) is 3.71. The van der Waals surface area contributed by atoms with Crippen molar-refractivity contribution in [3.8, 4) is 16.9 Å². The Hall–Kier alpha value is -3.54. The molecule has 1 aliphatic rings. The summed E-state index contributed by atoms with van der Waals surface area (Å²) < 4.78 is 47.4. The van der Waals surface area contributed by atoms with Gasteiger partial charge in [-0.05, 0) is 41.6 Å². The minimum Gasteiger partial charge on any atom is -0.491 e. The molecule has 2 N–H and O–H groups in total. The van der Waals surface area contributed by atoms with Gasteiger partial charge in [-0.15, -0.1) is 15.7 Å². The van der Waals surface area contributed by atoms with Gasteiger partial charge >= 0.3 is 0 Å². The fourth-order valence-corrected chi connectivity index (χ4v) is 6.84. The minimum absolute atomic E-state index is 0.0259. The van der Waals surface area contributed by atoms with Crippen LogP contribution in [0.15, 0.2) is 99.6 Å². The molecular weight excluding hydrogens is 571 g/mol. The first-order valence-electron chi connectivity index (χ1n) is 13.7. The van der Waals surface area contributed by atoms with E-state index in [2.05, 4.69) is 38.9 Å². The number of amidine groups is 1. The first kappa shape index (κ1) is 29.9. The lowest BCUT2D eigenvalue weighted by Gasteiger charge is -2.23. The third-order valence-corrected chi connectivity index (χ3v) is 9.19. The van der Waals surface area contributed by atoms with Crippen LogP contribution in [0, 0.1) is 0 Å². The number of thiophene rings is 1. The molecule has 5 rings (SSSR count). The molecule has 8 nitrogen and oxygen atoms in total. The average molecular weight is 606 g/mol. The van der Waals surface area contributed by atoms with E-state index in [1.807, 2.05) is 36.4 Å². The summed E-state index contributed by atoms with van der Waals surface area (Å²) in [5.41, 5.74) is 8.99. The zero-order valence-corrected chi connectivity index (χ0v) is 25.3. The van der Waals surface area contributed by atoms with Gasteiger partial charge < -0.3 is 19.9 Å². The third-order valence-electron chi connectivity index (χ3n) is 6.85. The Morgan fingerprint density at radius 1 is 1.00 bits per heavy atom. The number of epoxide rings is 1. The van der Waals surface area contributed by atoms with Gasteiger partial charge in [-0.1, -0.05) is 66.7 Å². The Balaban J connectivity index is 1.46. The van der Waals surface area contributed by atoms with E-state index in [1.54, 1.807) is 36.6 Å². The summed E-state index contributed by atoms with van der Waals surface area (Å²) in [5, 5.41) is 2.09. The highest BCUT2D eigenvalue weighted by molar-refractivity contribution is 7.90. The fraction of sp³-hybridized carbons (Fsp3) is 0.281. The Kier molecular flexibility index (Phi) is 9.71. The van der Waals surface area contributed by atoms with Crippen LogP contribution in [0.2, 0.25) is 0 Å². The van der Waals surface area contributed by atoms with Crippen LogP contribution in [0.1, 0.15) is 22.9 Å². The van der Waals surface area contributed by atoms with Crippen molar-refractivity contribution in [2.75, 3.05) is 20.3 Å². The van der Waals surface area contributed by atoms with Crippen LogP contribution in [0.3, 0.4) is 0 Å². The molecule has 0 amide bonds. The van der Waals surface area contributed by atoms with Crippen molar-refractivity contribution in [2.45, 2.75) is 43.7 Å². The molecule has 2 unspecified atom stereocenters. The van der Waals surface area contributed by atoms with E-state index >= 15 is 0 Å². The zero-order valence-electron chi connectivity index (χ0n) is 23.7. The molecular formula is C32H35N3O5S2. The maximum Gasteiger partial charge on any atom is 0.284 e. The smallest absolute Gasteiger partial charge is 0.284 e. The number of hydrogen-bond acceptors (Lipinski definition) is 7. The number of sulfonamides is 1. The molecule has 2 atom stereocenters. The van der Waals surface area contributed by atoms with Crippen LogP contribution in [-0.2, 0) is 39.0 Å². The van der Waals surface area contributed by atoms with E-state index in [1.165, 1.54) is 23.4 Å². The second kappa shape index (κ2) is 13.6. The van der Waals surface area contributed by atoms with Gasteiger partial charge in [-0.2, -0.15) is 8.42 Å². The summed E-state index contributed by atoms with van der Waals surface area (Å²) in [7, 11) is -2.36. The lowest BCUT2D eigenvalue weighted by molar-refractivity contribution is 0.140. The molecule has 1 aliphatic heterocycles. The standard InChI is InChI=1S/C32H35N3O5S2/c1-23(33)34-42(36,37)31-13-7-6-12-28(31)25-14-15-26(29(19-25)39-17-16-38-2)22-35(21-24-9-4-3-5-10-24)32-30(40-32)20-27-11-8-18-41-27/h3-15,18-19,30,32H,16-17,20-22H2,1-2H3,(H2,33,34). The Labute approximate surface area is 251 Å². The minimum atomic E-state index is -3.99. The summed E-state index contributed by atoms with van der Waals surface area (Å²) in [6, 6.07) is 27.1. The summed E-state index contributed by atoms with van der Waals surface area (Å²) >= 11 is 1.74. The molecule has 1 aromatic heterocycles. The molecule has 0 aliphatic carbocycles. The maximum absolute atomic E-state index is 13.0. The van der Waals surface area contributed by atoms with Crippen molar-refractivity contribution in [3.63, 3.8) is 0 Å². The molecule has 2 heterocycles. The highest BCUT2D eigenvalue weighted by Crippen LogP contribution is 2.36. The summed E-state index contributed by atoms with van der Waals surface area (Å²) in [5.74, 6) is 0.630. The zero-order chi connectivity index (χ0) is 29.5. The van der Waals surface area contributed by atoms with Gasteiger partial charge in [0.2, 0.25) is 0 Å². The third kappa shape index (κ3) is 7.64. The normalized spacial score (nSPS) is 17.0. The topological polar surface area (TPSA) is 107 Å². The summed E-state index contributed by atoms with van der Waals surface area (Å²) in [6.45, 7) is 3.51. The molecule has 42 heavy (non-hydrogen) atoms. The van der Waals surface area contributed by atoms with Gasteiger partial charge in [0.15, 0.2) is 0 Å². The Morgan fingerprint density at radius 3 is 2.52 bits per heavy atom. The molecule has 10 heteroatoms. The molecule has 0 saturated carbocycles. The van der Waals surface area contributed by atoms with Gasteiger partial charge in [-0.25, -0.2) is 0 Å². The number of benzene rings is 3. The van der Waals surface area contributed by atoms with Gasteiger partial charge in [0.05, 0.1) is 11.5 Å². The molecule has 0 bridgehead atoms. The monoisotopic (exact) mass is 605 g/mol. The predicted octanol–water partition coefficient (Wildman–Crippen LogP) is 5.48. The van der Waals surface area contributed by atoms with Gasteiger partial charge in [0, 0.05) is 42.6 Å². The van der Waals surface area contributed by atoms with Gasteiger partial charge in [-0.3, -0.25) is 4.90 Å². The van der Waals surface area contributed by atoms with E-state index < -0.39 is 10.0 Å². The molecule has 1 saturated heterocycles. The van der Waals surface area contributed by atoms with Crippen LogP contribution in [0.5, 0.6) is 5.75 Å². The molecule has 0 spiro atoms. The van der Waals surface area contributed by atoms with E-state index in [0.717, 1.165) is 12.0 Å². The highest BCUT2D eigenvalue weighted by atomic mass is 32.2. The molecule has 220 valence electrons. The molecule has 3 aromatic carbocycles. The van der Waals surface area contributed by atoms with Crippen LogP contribution in [0.4, 0.5) is 0 Å². The van der Waals surface area contributed by atoms with Gasteiger partial charge in [0.25, 0.3) is 10.0 Å². The predicted molar refractivity (Wildman–Crippen MR) is 166 cm³/mol. The largest absolute Gasteiger partial charge is 0.491 e. The number of ether oxygens (including phenoxy) is 3. The quantitative estimate of drug-likeness (QED) is 0.0879. The molecule has 4 aromatic rings. The van der Waals surface area contributed by atoms with Crippen molar-refractivity contribution in [1.82, 2.24) is 4.90 Å². The first-order valence-corrected chi connectivity index (χ1v) is 16.0. The SMILES string of the molecule is COCCOc1cc(-c2ccccc2S(=O)(=O)/N=C(\C)N)ccc1CN(Cc1ccccc1)C1OC1Cc1cccs1. The lowest BCUT2D eigenvalue weighted by atomic mass is 10.0. The number of hydrogen-bond donors (Lipinski definition) is 1. The number of rotatable bonds is 14. The van der Waals surface area contributed by atoms with Crippen molar-refractivity contribution in [1.29, 1.82) is 0 Å². The average Bonchev–Trinajstić information content (AvgIpc) is 3.54. The number of nitrogens with zero attached hydrogens (tertiary/aromatic N) is 2. The van der Waals surface area contributed by atoms with E-state index in [-0.39, 0.29) is 23.1 Å². The van der Waals surface area contributed by atoms with Crippen molar-refractivity contribution in [3.05, 3.63) is 106 Å². The fourth-order valence-electron chi connectivity index (χ4n) is 4.89. The van der Waals surface area contributed by atoms with E-state index in [4.69, 9.17) is 19.9 Å². The highest BCUT2D eigenvalue weighted by Gasteiger charge is 2.43. The second-order valence-corrected chi connectivity index (χ2v) is 12.7. The van der Waals surface area contributed by atoms with Crippen LogP contribution >= 0.6 is 11.3 Å². The van der Waals surface area contributed by atoms with Crippen LogP contribution in [-0.4, -0.2) is 51.8 Å². The van der Waals surface area contributed by atoms with E-state index in [9.17, 15) is 8.42 Å². The van der Waals surface area contributed by atoms with Crippen molar-refractivity contribution >= 4 is 27.2 Å². The Morgan fingerprint density at radius 2 is 1.79 bits per heavy atom. The molecule has 1 fully saturated rings. The van der Waals surface area contributed by atoms with Gasteiger partial charge in [0.1, 0.15) is 30.5 Å².